The molecule has 4 aliphatic heterocycles. The second-order valence-corrected chi connectivity index (χ2v) is 7.41. The minimum Gasteiger partial charge on any atom is -0.455 e. The molecule has 1 spiro atoms. The van der Waals surface area contributed by atoms with Crippen LogP contribution >= 0.6 is 0 Å². The van der Waals surface area contributed by atoms with Crippen LogP contribution in [0.3, 0.4) is 0 Å². The van der Waals surface area contributed by atoms with Crippen molar-refractivity contribution in [1.29, 1.82) is 0 Å². The lowest BCUT2D eigenvalue weighted by Gasteiger charge is -2.35. The molecule has 8 rings (SSSR count). The van der Waals surface area contributed by atoms with Gasteiger partial charge < -0.3 is 14.2 Å². The topological polar surface area (TPSA) is 35.5 Å². The Bertz CT molecular complexity index is 1270. The number of pyridine rings is 2. The Hall–Kier alpha value is -3.86. The van der Waals surface area contributed by atoms with E-state index in [1.165, 1.54) is 0 Å². The normalized spacial score (nSPS) is 16.3. The molecule has 0 unspecified atom stereocenters. The van der Waals surface area contributed by atoms with Crippen molar-refractivity contribution in [2.45, 2.75) is 5.66 Å². The Labute approximate surface area is 159 Å². The lowest BCUT2D eigenvalue weighted by atomic mass is 9.84. The molecule has 0 aliphatic carbocycles. The Morgan fingerprint density at radius 1 is 0.500 bits per heavy atom. The fraction of sp³-hybridized carbons (Fsp3) is 0.0435. The summed E-state index contributed by atoms with van der Waals surface area (Å²) in [6.07, 6.45) is 0. The number of fused-ring (bicyclic) bond motifs is 1. The molecule has 0 fully saturated rings. The summed E-state index contributed by atoms with van der Waals surface area (Å²) in [7, 11) is 0. The van der Waals surface area contributed by atoms with Gasteiger partial charge in [0, 0.05) is 12.1 Å². The fourth-order valence-corrected chi connectivity index (χ4v) is 5.27. The van der Waals surface area contributed by atoms with Crippen molar-refractivity contribution in [3.63, 3.8) is 0 Å². The van der Waals surface area contributed by atoms with Gasteiger partial charge in [-0.3, -0.25) is 0 Å². The SMILES string of the molecule is c1cc2c3c(c1)Oc1cccc4[n+]1C31c3c(cccc3Oc3cccc-4[n+]31)O2. The third-order valence-electron chi connectivity index (χ3n) is 6.14. The van der Waals surface area contributed by atoms with Crippen molar-refractivity contribution in [3.05, 3.63) is 83.9 Å². The molecular formula is C23H12N2O3+2. The van der Waals surface area contributed by atoms with Crippen LogP contribution in [0.1, 0.15) is 11.1 Å². The summed E-state index contributed by atoms with van der Waals surface area (Å²) in [4.78, 5) is 0. The van der Waals surface area contributed by atoms with Gasteiger partial charge in [0.05, 0.1) is 12.1 Å². The highest BCUT2D eigenvalue weighted by atomic mass is 16.5. The molecule has 0 N–H and O–H groups in total. The number of benzene rings is 2. The third-order valence-corrected chi connectivity index (χ3v) is 6.14. The van der Waals surface area contributed by atoms with Gasteiger partial charge in [0.15, 0.2) is 22.6 Å². The first-order chi connectivity index (χ1) is 13.9. The lowest BCUT2D eigenvalue weighted by molar-refractivity contribution is -0.943. The molecule has 2 aromatic heterocycles. The van der Waals surface area contributed by atoms with Crippen molar-refractivity contribution < 1.29 is 23.3 Å². The van der Waals surface area contributed by atoms with E-state index < -0.39 is 5.66 Å². The van der Waals surface area contributed by atoms with Gasteiger partial charge in [-0.25, -0.2) is 0 Å². The zero-order valence-electron chi connectivity index (χ0n) is 14.5. The largest absolute Gasteiger partial charge is 0.455 e. The summed E-state index contributed by atoms with van der Waals surface area (Å²) in [6.45, 7) is 0. The Morgan fingerprint density at radius 2 is 0.929 bits per heavy atom. The highest BCUT2D eigenvalue weighted by Gasteiger charge is 2.74. The second kappa shape index (κ2) is 4.02. The molecule has 0 amide bonds. The molecule has 5 nitrogen and oxygen atoms in total. The summed E-state index contributed by atoms with van der Waals surface area (Å²) >= 11 is 0. The summed E-state index contributed by atoms with van der Waals surface area (Å²) in [5.74, 6) is 4.86. The van der Waals surface area contributed by atoms with Crippen LogP contribution in [0.15, 0.2) is 72.8 Å². The van der Waals surface area contributed by atoms with Crippen LogP contribution in [-0.4, -0.2) is 0 Å². The van der Waals surface area contributed by atoms with E-state index in [-0.39, 0.29) is 0 Å². The predicted octanol–water partition coefficient (Wildman–Crippen LogP) is 3.86. The maximum Gasteiger partial charge on any atom is 0.437 e. The number of hydrogen-bond acceptors (Lipinski definition) is 3. The summed E-state index contributed by atoms with van der Waals surface area (Å²) < 4.78 is 23.6. The van der Waals surface area contributed by atoms with Gasteiger partial charge in [-0.05, 0) is 36.4 Å². The molecule has 6 heterocycles. The van der Waals surface area contributed by atoms with Crippen LogP contribution in [0.4, 0.5) is 0 Å². The molecule has 28 heavy (non-hydrogen) atoms. The molecule has 0 radical (unpaired) electrons. The molecule has 130 valence electrons. The minimum absolute atomic E-state index is 0.621. The number of nitrogens with zero attached hydrogens (tertiary/aromatic N) is 2. The van der Waals surface area contributed by atoms with Crippen molar-refractivity contribution >= 4 is 0 Å². The zero-order chi connectivity index (χ0) is 18.0. The Morgan fingerprint density at radius 3 is 1.43 bits per heavy atom. The number of ether oxygens (including phenoxy) is 3. The molecular weight excluding hydrogens is 352 g/mol. The zero-order valence-corrected chi connectivity index (χ0v) is 14.5. The molecule has 2 aromatic carbocycles. The monoisotopic (exact) mass is 364 g/mol. The van der Waals surface area contributed by atoms with Crippen LogP contribution < -0.4 is 23.3 Å². The van der Waals surface area contributed by atoms with E-state index in [0.717, 1.165) is 57.3 Å². The molecule has 0 saturated heterocycles. The van der Waals surface area contributed by atoms with Gasteiger partial charge in [-0.1, -0.05) is 21.3 Å². The van der Waals surface area contributed by atoms with E-state index >= 15 is 0 Å². The van der Waals surface area contributed by atoms with Crippen LogP contribution in [0, 0.1) is 0 Å². The van der Waals surface area contributed by atoms with Crippen molar-refractivity contribution in [3.8, 4) is 46.1 Å². The molecule has 0 bridgehead atoms. The van der Waals surface area contributed by atoms with E-state index in [1.54, 1.807) is 0 Å². The van der Waals surface area contributed by atoms with Crippen molar-refractivity contribution in [2.75, 3.05) is 0 Å². The average molecular weight is 364 g/mol. The van der Waals surface area contributed by atoms with Gasteiger partial charge in [0.1, 0.15) is 11.5 Å². The summed E-state index contributed by atoms with van der Waals surface area (Å²) in [5.41, 5.74) is 3.59. The number of aromatic nitrogens is 2. The highest BCUT2D eigenvalue weighted by molar-refractivity contribution is 5.67. The third kappa shape index (κ3) is 1.17. The van der Waals surface area contributed by atoms with Gasteiger partial charge in [-0.2, -0.15) is 0 Å². The van der Waals surface area contributed by atoms with Crippen molar-refractivity contribution in [2.24, 2.45) is 0 Å². The molecule has 0 atom stereocenters. The van der Waals surface area contributed by atoms with E-state index in [9.17, 15) is 0 Å². The van der Waals surface area contributed by atoms with Gasteiger partial charge in [0.25, 0.3) is 11.4 Å². The van der Waals surface area contributed by atoms with E-state index in [1.807, 2.05) is 60.7 Å². The second-order valence-electron chi connectivity index (χ2n) is 7.41. The summed E-state index contributed by atoms with van der Waals surface area (Å²) in [5, 5.41) is 0. The minimum atomic E-state index is -0.621. The first-order valence-corrected chi connectivity index (χ1v) is 9.29. The average Bonchev–Trinajstić information content (AvgIpc) is 3.02. The molecule has 5 heteroatoms. The number of hydrogen-bond donors (Lipinski definition) is 0. The maximum absolute atomic E-state index is 6.34. The Kier molecular flexibility index (Phi) is 1.91. The first-order valence-electron chi connectivity index (χ1n) is 9.29. The van der Waals surface area contributed by atoms with Crippen LogP contribution in [0.5, 0.6) is 34.8 Å². The molecule has 4 aromatic rings. The Balaban J connectivity index is 1.72. The van der Waals surface area contributed by atoms with E-state index in [0.29, 0.717) is 0 Å². The first kappa shape index (κ1) is 13.3. The summed E-state index contributed by atoms with van der Waals surface area (Å²) in [6, 6.07) is 24.4. The van der Waals surface area contributed by atoms with Gasteiger partial charge in [0.2, 0.25) is 0 Å². The van der Waals surface area contributed by atoms with E-state index in [4.69, 9.17) is 14.2 Å². The predicted molar refractivity (Wildman–Crippen MR) is 97.0 cm³/mol. The molecule has 4 aliphatic rings. The van der Waals surface area contributed by atoms with Gasteiger partial charge >= 0.3 is 17.4 Å². The quantitative estimate of drug-likeness (QED) is 0.383. The highest BCUT2D eigenvalue weighted by Crippen LogP contribution is 2.58. The fourth-order valence-electron chi connectivity index (χ4n) is 5.27. The smallest absolute Gasteiger partial charge is 0.437 e. The number of rotatable bonds is 0. The maximum atomic E-state index is 6.34. The lowest BCUT2D eigenvalue weighted by Crippen LogP contribution is -2.74. The van der Waals surface area contributed by atoms with Crippen LogP contribution in [0.2, 0.25) is 0 Å². The van der Waals surface area contributed by atoms with Crippen molar-refractivity contribution in [1.82, 2.24) is 0 Å². The van der Waals surface area contributed by atoms with Gasteiger partial charge in [-0.15, -0.1) is 0 Å². The van der Waals surface area contributed by atoms with Crippen LogP contribution in [0.25, 0.3) is 11.4 Å². The van der Waals surface area contributed by atoms with Crippen LogP contribution in [-0.2, 0) is 5.66 Å². The standard InChI is InChI=1S/C23H12N2O3/c1-5-13-14-6-2-12-20-25(14)23-21-15(26-16-8-4-10-18(28-20)22(16)23)7-3-9-17(21)27-19(11-1)24(13)23/h1-12H/q+2. The molecule has 0 saturated carbocycles. The van der Waals surface area contributed by atoms with E-state index in [2.05, 4.69) is 21.3 Å².